The topological polar surface area (TPSA) is 51.3 Å². The molecule has 0 aliphatic carbocycles. The lowest BCUT2D eigenvalue weighted by atomic mass is 10.2. The van der Waals surface area contributed by atoms with E-state index in [0.29, 0.717) is 16.6 Å². The van der Waals surface area contributed by atoms with Crippen LogP contribution >= 0.6 is 23.4 Å². The first-order chi connectivity index (χ1) is 10.8. The summed E-state index contributed by atoms with van der Waals surface area (Å²) >= 11 is 7.75. The lowest BCUT2D eigenvalue weighted by molar-refractivity contribution is 0.412. The van der Waals surface area contributed by atoms with Crippen molar-refractivity contribution in [3.05, 3.63) is 71.3 Å². The Morgan fingerprint density at radius 1 is 1.14 bits per heavy atom. The molecule has 0 spiro atoms. The van der Waals surface area contributed by atoms with E-state index < -0.39 is 0 Å². The van der Waals surface area contributed by atoms with Crippen LogP contribution < -0.4 is 0 Å². The highest BCUT2D eigenvalue weighted by molar-refractivity contribution is 7.98. The molecule has 0 amide bonds. The van der Waals surface area contributed by atoms with Crippen molar-refractivity contribution in [3.8, 4) is 0 Å². The van der Waals surface area contributed by atoms with Gasteiger partial charge in [-0.15, -0.1) is 11.8 Å². The number of benzene rings is 2. The highest BCUT2D eigenvalue weighted by Crippen LogP contribution is 2.31. The summed E-state index contributed by atoms with van der Waals surface area (Å²) in [5.41, 5.74) is 1.78. The van der Waals surface area contributed by atoms with Gasteiger partial charge in [-0.3, -0.25) is 4.99 Å². The second-order valence-corrected chi connectivity index (χ2v) is 5.81. The largest absolute Gasteiger partial charge is 0.343 e. The number of hydrogen-bond acceptors (Lipinski definition) is 5. The highest BCUT2D eigenvalue weighted by Gasteiger charge is 2.04. The number of nitrogens with zero attached hydrogens (tertiary/aromatic N) is 3. The van der Waals surface area contributed by atoms with Gasteiger partial charge >= 0.3 is 0 Å². The van der Waals surface area contributed by atoms with Crippen molar-refractivity contribution in [2.24, 2.45) is 4.99 Å². The molecule has 3 aromatic rings. The van der Waals surface area contributed by atoms with Crippen LogP contribution in [0.5, 0.6) is 0 Å². The van der Waals surface area contributed by atoms with E-state index in [1.165, 1.54) is 6.39 Å². The SMILES string of the molecule is Clc1ccccc1C=Nc1ccccc1SCc1ncon1. The molecular formula is C16H12ClN3OS. The molecule has 0 atom stereocenters. The molecule has 1 heterocycles. The molecule has 6 heteroatoms. The third kappa shape index (κ3) is 3.75. The first-order valence-corrected chi connectivity index (χ1v) is 7.95. The minimum atomic E-state index is 0.634. The lowest BCUT2D eigenvalue weighted by Gasteiger charge is -2.03. The van der Waals surface area contributed by atoms with Crippen molar-refractivity contribution in [3.63, 3.8) is 0 Å². The van der Waals surface area contributed by atoms with E-state index in [4.69, 9.17) is 16.1 Å². The summed E-state index contributed by atoms with van der Waals surface area (Å²) in [6.45, 7) is 0. The number of aromatic nitrogens is 2. The van der Waals surface area contributed by atoms with Crippen molar-refractivity contribution in [1.29, 1.82) is 0 Å². The molecule has 0 N–H and O–H groups in total. The van der Waals surface area contributed by atoms with E-state index >= 15 is 0 Å². The molecule has 0 unspecified atom stereocenters. The Labute approximate surface area is 137 Å². The molecule has 0 aliphatic heterocycles. The van der Waals surface area contributed by atoms with Gasteiger partial charge in [0.15, 0.2) is 5.82 Å². The molecular weight excluding hydrogens is 318 g/mol. The fourth-order valence-corrected chi connectivity index (χ4v) is 2.84. The predicted octanol–water partition coefficient (Wildman–Crippen LogP) is 4.77. The van der Waals surface area contributed by atoms with Crippen LogP contribution in [0.4, 0.5) is 5.69 Å². The molecule has 0 fully saturated rings. The minimum Gasteiger partial charge on any atom is -0.343 e. The number of rotatable bonds is 5. The Kier molecular flexibility index (Phi) is 4.88. The maximum absolute atomic E-state index is 6.14. The van der Waals surface area contributed by atoms with Crippen molar-refractivity contribution < 1.29 is 4.52 Å². The number of hydrogen-bond donors (Lipinski definition) is 0. The van der Waals surface area contributed by atoms with Gasteiger partial charge in [0.25, 0.3) is 0 Å². The van der Waals surface area contributed by atoms with Gasteiger partial charge in [0.2, 0.25) is 6.39 Å². The van der Waals surface area contributed by atoms with Crippen molar-refractivity contribution in [2.45, 2.75) is 10.6 Å². The van der Waals surface area contributed by atoms with Crippen LogP contribution in [-0.2, 0) is 5.75 Å². The zero-order valence-electron chi connectivity index (χ0n) is 11.5. The van der Waals surface area contributed by atoms with Gasteiger partial charge in [-0.25, -0.2) is 0 Å². The van der Waals surface area contributed by atoms with Crippen LogP contribution in [0.2, 0.25) is 5.02 Å². The highest BCUT2D eigenvalue weighted by atomic mass is 35.5. The zero-order valence-corrected chi connectivity index (χ0v) is 13.1. The summed E-state index contributed by atoms with van der Waals surface area (Å²) < 4.78 is 4.73. The molecule has 0 radical (unpaired) electrons. The monoisotopic (exact) mass is 329 g/mol. The van der Waals surface area contributed by atoms with Crippen molar-refractivity contribution >= 4 is 35.3 Å². The second-order valence-electron chi connectivity index (χ2n) is 4.38. The minimum absolute atomic E-state index is 0.634. The Bertz CT molecular complexity index is 775. The van der Waals surface area contributed by atoms with E-state index in [2.05, 4.69) is 15.1 Å². The molecule has 4 nitrogen and oxygen atoms in total. The van der Waals surface area contributed by atoms with Gasteiger partial charge in [-0.05, 0) is 18.2 Å². The number of para-hydroxylation sites is 1. The van der Waals surface area contributed by atoms with Crippen LogP contribution in [0.25, 0.3) is 0 Å². The molecule has 0 aliphatic rings. The molecule has 3 rings (SSSR count). The van der Waals surface area contributed by atoms with Gasteiger partial charge in [-0.1, -0.05) is 47.1 Å². The van der Waals surface area contributed by atoms with E-state index in [-0.39, 0.29) is 0 Å². The number of thioether (sulfide) groups is 1. The second kappa shape index (κ2) is 7.24. The average molecular weight is 330 g/mol. The normalized spacial score (nSPS) is 11.1. The van der Waals surface area contributed by atoms with Gasteiger partial charge < -0.3 is 4.52 Å². The van der Waals surface area contributed by atoms with E-state index in [0.717, 1.165) is 16.1 Å². The Morgan fingerprint density at radius 2 is 1.95 bits per heavy atom. The van der Waals surface area contributed by atoms with Crippen molar-refractivity contribution in [1.82, 2.24) is 10.1 Å². The van der Waals surface area contributed by atoms with Crippen LogP contribution in [0, 0.1) is 0 Å². The fourth-order valence-electron chi connectivity index (χ4n) is 1.80. The van der Waals surface area contributed by atoms with Gasteiger partial charge in [0.05, 0.1) is 11.4 Å². The third-order valence-corrected chi connectivity index (χ3v) is 4.28. The van der Waals surface area contributed by atoms with Gasteiger partial charge in [0, 0.05) is 21.7 Å². The summed E-state index contributed by atoms with van der Waals surface area (Å²) in [5, 5.41) is 4.49. The molecule has 110 valence electrons. The van der Waals surface area contributed by atoms with E-state index in [9.17, 15) is 0 Å². The van der Waals surface area contributed by atoms with Crippen LogP contribution in [0.15, 0.2) is 69.3 Å². The van der Waals surface area contributed by atoms with E-state index in [1.807, 2.05) is 48.5 Å². The zero-order chi connectivity index (χ0) is 15.2. The molecule has 1 aromatic heterocycles. The fraction of sp³-hybridized carbons (Fsp3) is 0.0625. The summed E-state index contributed by atoms with van der Waals surface area (Å²) in [6, 6.07) is 15.5. The smallest absolute Gasteiger partial charge is 0.213 e. The molecule has 22 heavy (non-hydrogen) atoms. The first-order valence-electron chi connectivity index (χ1n) is 6.58. The molecule has 0 saturated heterocycles. The van der Waals surface area contributed by atoms with Gasteiger partial charge in [-0.2, -0.15) is 4.98 Å². The summed E-state index contributed by atoms with van der Waals surface area (Å²) in [4.78, 5) is 9.61. The molecule has 0 bridgehead atoms. The average Bonchev–Trinajstić information content (AvgIpc) is 3.06. The lowest BCUT2D eigenvalue weighted by Crippen LogP contribution is -1.85. The number of halogens is 1. The van der Waals surface area contributed by atoms with Crippen LogP contribution in [0.1, 0.15) is 11.4 Å². The summed E-state index contributed by atoms with van der Waals surface area (Å²) in [6.07, 6.45) is 3.10. The standard InChI is InChI=1S/C16H12ClN3OS/c17-13-6-2-1-5-12(13)9-18-14-7-3-4-8-15(14)22-10-16-19-11-21-20-16/h1-9,11H,10H2. The van der Waals surface area contributed by atoms with Crippen molar-refractivity contribution in [2.75, 3.05) is 0 Å². The predicted molar refractivity (Wildman–Crippen MR) is 89.0 cm³/mol. The quantitative estimate of drug-likeness (QED) is 0.500. The molecule has 2 aromatic carbocycles. The van der Waals surface area contributed by atoms with Gasteiger partial charge in [0.1, 0.15) is 0 Å². The Hall–Kier alpha value is -2.11. The number of aliphatic imine (C=N–C) groups is 1. The summed E-state index contributed by atoms with van der Waals surface area (Å²) in [5.74, 6) is 1.30. The van der Waals surface area contributed by atoms with Crippen LogP contribution in [0.3, 0.4) is 0 Å². The third-order valence-electron chi connectivity index (χ3n) is 2.88. The van der Waals surface area contributed by atoms with E-state index in [1.54, 1.807) is 18.0 Å². The maximum atomic E-state index is 6.14. The summed E-state index contributed by atoms with van der Waals surface area (Å²) in [7, 11) is 0. The molecule has 0 saturated carbocycles. The Morgan fingerprint density at radius 3 is 2.77 bits per heavy atom. The first kappa shape index (κ1) is 14.8. The Balaban J connectivity index is 1.77. The van der Waals surface area contributed by atoms with Crippen LogP contribution in [-0.4, -0.2) is 16.4 Å². The maximum Gasteiger partial charge on any atom is 0.213 e.